The van der Waals surface area contributed by atoms with Gasteiger partial charge in [-0.15, -0.1) is 0 Å². The van der Waals surface area contributed by atoms with E-state index in [2.05, 4.69) is 15.8 Å². The van der Waals surface area contributed by atoms with E-state index in [1.165, 1.54) is 7.11 Å². The maximum Gasteiger partial charge on any atom is 0.337 e. The smallest absolute Gasteiger partial charge is 0.337 e. The lowest BCUT2D eigenvalue weighted by Gasteiger charge is -2.08. The molecule has 0 saturated carbocycles. The number of ether oxygens (including phenoxy) is 2. The van der Waals surface area contributed by atoms with Crippen molar-refractivity contribution in [3.05, 3.63) is 53.2 Å². The van der Waals surface area contributed by atoms with E-state index >= 15 is 0 Å². The van der Waals surface area contributed by atoms with Crippen LogP contribution in [0.2, 0.25) is 0 Å². The Morgan fingerprint density at radius 2 is 1.95 bits per heavy atom. The molecule has 1 heterocycles. The normalized spacial score (nSPS) is 9.65. The molecule has 0 amide bonds. The Bertz CT molecular complexity index is 673. The fourth-order valence-corrected chi connectivity index (χ4v) is 1.64. The van der Waals surface area contributed by atoms with E-state index in [9.17, 15) is 4.79 Å². The topological polar surface area (TPSA) is 72.2 Å². The van der Waals surface area contributed by atoms with Crippen LogP contribution in [-0.4, -0.2) is 18.1 Å². The van der Waals surface area contributed by atoms with Gasteiger partial charge >= 0.3 is 5.97 Å². The number of carbonyl (C=O) groups is 1. The minimum atomic E-state index is -0.414. The van der Waals surface area contributed by atoms with Gasteiger partial charge in [-0.25, -0.2) is 9.78 Å². The van der Waals surface area contributed by atoms with Crippen molar-refractivity contribution in [3.63, 3.8) is 0 Å². The van der Waals surface area contributed by atoms with E-state index < -0.39 is 5.97 Å². The van der Waals surface area contributed by atoms with Crippen molar-refractivity contribution in [2.24, 2.45) is 0 Å². The molecule has 0 aliphatic rings. The summed E-state index contributed by atoms with van der Waals surface area (Å²) >= 11 is 0. The van der Waals surface area contributed by atoms with Crippen molar-refractivity contribution in [1.29, 1.82) is 5.26 Å². The van der Waals surface area contributed by atoms with Crippen LogP contribution >= 0.6 is 0 Å². The molecule has 0 N–H and O–H groups in total. The third-order valence-electron chi connectivity index (χ3n) is 2.73. The van der Waals surface area contributed by atoms with Crippen LogP contribution in [0.4, 0.5) is 0 Å². The Labute approximate surface area is 116 Å². The zero-order valence-electron chi connectivity index (χ0n) is 11.1. The molecule has 0 aliphatic heterocycles. The predicted octanol–water partition coefficient (Wildman–Crippen LogP) is 2.84. The van der Waals surface area contributed by atoms with Crippen LogP contribution in [-0.2, 0) is 4.74 Å². The molecule has 2 aromatic rings. The van der Waals surface area contributed by atoms with Gasteiger partial charge in [-0.1, -0.05) is 0 Å². The predicted molar refractivity (Wildman–Crippen MR) is 71.5 cm³/mol. The molecule has 5 nitrogen and oxygen atoms in total. The summed E-state index contributed by atoms with van der Waals surface area (Å²) in [7, 11) is 1.32. The first-order chi connectivity index (χ1) is 9.65. The molecule has 100 valence electrons. The van der Waals surface area contributed by atoms with E-state index in [4.69, 9.17) is 10.00 Å². The summed E-state index contributed by atoms with van der Waals surface area (Å²) in [6.07, 6.45) is 1.58. The van der Waals surface area contributed by atoms with Crippen LogP contribution in [0.15, 0.2) is 36.5 Å². The lowest BCUT2D eigenvalue weighted by Crippen LogP contribution is -2.00. The lowest BCUT2D eigenvalue weighted by molar-refractivity contribution is 0.0600. The molecule has 1 aromatic heterocycles. The monoisotopic (exact) mass is 268 g/mol. The first-order valence-corrected chi connectivity index (χ1v) is 5.87. The minimum absolute atomic E-state index is 0.248. The number of esters is 1. The number of benzene rings is 1. The Balaban J connectivity index is 2.25. The average molecular weight is 268 g/mol. The molecule has 1 aromatic carbocycles. The van der Waals surface area contributed by atoms with Gasteiger partial charge in [-0.3, -0.25) is 0 Å². The molecule has 0 radical (unpaired) electrons. The molecule has 0 atom stereocenters. The van der Waals surface area contributed by atoms with Gasteiger partial charge in [0.2, 0.25) is 5.88 Å². The summed E-state index contributed by atoms with van der Waals surface area (Å²) in [5, 5.41) is 9.09. The van der Waals surface area contributed by atoms with E-state index in [1.807, 2.05) is 6.92 Å². The Morgan fingerprint density at radius 3 is 2.55 bits per heavy atom. The quantitative estimate of drug-likeness (QED) is 0.800. The summed E-state index contributed by atoms with van der Waals surface area (Å²) in [6.45, 7) is 1.81. The molecule has 0 bridgehead atoms. The zero-order valence-corrected chi connectivity index (χ0v) is 11.1. The van der Waals surface area contributed by atoms with Gasteiger partial charge in [0.05, 0.1) is 12.7 Å². The maximum absolute atomic E-state index is 11.3. The average Bonchev–Trinajstić information content (AvgIpc) is 2.47. The third-order valence-corrected chi connectivity index (χ3v) is 2.73. The van der Waals surface area contributed by atoms with Gasteiger partial charge in [-0.2, -0.15) is 5.26 Å². The SMILES string of the molecule is COC(=O)c1ccc(Oc2nccc(C)c2C#N)cc1. The number of aromatic nitrogens is 1. The van der Waals surface area contributed by atoms with Crippen molar-refractivity contribution in [2.45, 2.75) is 6.92 Å². The maximum atomic E-state index is 11.3. The molecule has 20 heavy (non-hydrogen) atoms. The molecule has 5 heteroatoms. The van der Waals surface area contributed by atoms with Gasteiger partial charge < -0.3 is 9.47 Å². The lowest BCUT2D eigenvalue weighted by atomic mass is 10.2. The Morgan fingerprint density at radius 1 is 1.25 bits per heavy atom. The highest BCUT2D eigenvalue weighted by atomic mass is 16.5. The highest BCUT2D eigenvalue weighted by Gasteiger charge is 2.10. The number of carbonyl (C=O) groups excluding carboxylic acids is 1. The molecular formula is C15H12N2O3. The molecule has 0 fully saturated rings. The van der Waals surface area contributed by atoms with Crippen LogP contribution in [0.3, 0.4) is 0 Å². The van der Waals surface area contributed by atoms with Gasteiger partial charge in [0.15, 0.2) is 0 Å². The van der Waals surface area contributed by atoms with Crippen LogP contribution in [0, 0.1) is 18.3 Å². The second-order valence-electron chi connectivity index (χ2n) is 4.04. The number of aryl methyl sites for hydroxylation is 1. The standard InChI is InChI=1S/C15H12N2O3/c1-10-7-8-17-14(13(10)9-16)20-12-5-3-11(4-6-12)15(18)19-2/h3-8H,1-2H3. The summed E-state index contributed by atoms with van der Waals surface area (Å²) < 4.78 is 10.2. The largest absolute Gasteiger partial charge is 0.465 e. The molecule has 2 rings (SSSR count). The Kier molecular flexibility index (Phi) is 3.96. The molecule has 0 aliphatic carbocycles. The summed E-state index contributed by atoms with van der Waals surface area (Å²) in [5.41, 5.74) is 1.62. The molecular weight excluding hydrogens is 256 g/mol. The van der Waals surface area contributed by atoms with Crippen molar-refractivity contribution < 1.29 is 14.3 Å². The van der Waals surface area contributed by atoms with Crippen molar-refractivity contribution in [1.82, 2.24) is 4.98 Å². The van der Waals surface area contributed by atoms with E-state index in [1.54, 1.807) is 36.5 Å². The number of hydrogen-bond donors (Lipinski definition) is 0. The van der Waals surface area contributed by atoms with Crippen LogP contribution in [0.1, 0.15) is 21.5 Å². The molecule has 0 unspecified atom stereocenters. The summed E-state index contributed by atoms with van der Waals surface area (Å²) in [5.74, 6) is 0.327. The van der Waals surface area contributed by atoms with Crippen LogP contribution < -0.4 is 4.74 Å². The summed E-state index contributed by atoms with van der Waals surface area (Å²) in [4.78, 5) is 15.4. The number of nitrogens with zero attached hydrogens (tertiary/aromatic N) is 2. The number of rotatable bonds is 3. The summed E-state index contributed by atoms with van der Waals surface area (Å²) in [6, 6.07) is 10.2. The van der Waals surface area contributed by atoms with E-state index in [-0.39, 0.29) is 5.88 Å². The molecule has 0 saturated heterocycles. The number of nitriles is 1. The fourth-order valence-electron chi connectivity index (χ4n) is 1.64. The second-order valence-corrected chi connectivity index (χ2v) is 4.04. The zero-order chi connectivity index (χ0) is 14.5. The van der Waals surface area contributed by atoms with Gasteiger partial charge in [0, 0.05) is 6.20 Å². The number of methoxy groups -OCH3 is 1. The van der Waals surface area contributed by atoms with Crippen molar-refractivity contribution in [2.75, 3.05) is 7.11 Å². The number of hydrogen-bond acceptors (Lipinski definition) is 5. The van der Waals surface area contributed by atoms with Gasteiger partial charge in [-0.05, 0) is 42.8 Å². The highest BCUT2D eigenvalue weighted by molar-refractivity contribution is 5.89. The highest BCUT2D eigenvalue weighted by Crippen LogP contribution is 2.24. The van der Waals surface area contributed by atoms with E-state index in [0.717, 1.165) is 5.56 Å². The Hall–Kier alpha value is -2.87. The fraction of sp³-hybridized carbons (Fsp3) is 0.133. The minimum Gasteiger partial charge on any atom is -0.465 e. The first-order valence-electron chi connectivity index (χ1n) is 5.87. The van der Waals surface area contributed by atoms with Gasteiger partial charge in [0.25, 0.3) is 0 Å². The van der Waals surface area contributed by atoms with Crippen LogP contribution in [0.5, 0.6) is 11.6 Å². The van der Waals surface area contributed by atoms with Crippen LogP contribution in [0.25, 0.3) is 0 Å². The van der Waals surface area contributed by atoms with Gasteiger partial charge in [0.1, 0.15) is 17.4 Å². The second kappa shape index (κ2) is 5.85. The number of pyridine rings is 1. The third kappa shape index (κ3) is 2.75. The first kappa shape index (κ1) is 13.6. The van der Waals surface area contributed by atoms with Crippen molar-refractivity contribution >= 4 is 5.97 Å². The van der Waals surface area contributed by atoms with E-state index in [0.29, 0.717) is 16.9 Å². The van der Waals surface area contributed by atoms with Crippen molar-refractivity contribution in [3.8, 4) is 17.7 Å². The molecule has 0 spiro atoms.